The maximum atomic E-state index is 13.7. The number of nitrogens with one attached hydrogen (secondary N) is 2. The highest BCUT2D eigenvalue weighted by Gasteiger charge is 2.28. The summed E-state index contributed by atoms with van der Waals surface area (Å²) in [6.45, 7) is 5.13. The predicted molar refractivity (Wildman–Crippen MR) is 154 cm³/mol. The summed E-state index contributed by atoms with van der Waals surface area (Å²) in [7, 11) is -4.05. The molecule has 0 unspecified atom stereocenters. The molecule has 8 heteroatoms. The van der Waals surface area contributed by atoms with E-state index in [2.05, 4.69) is 10.6 Å². The second-order valence-electron chi connectivity index (χ2n) is 9.36. The first-order valence-electron chi connectivity index (χ1n) is 12.6. The van der Waals surface area contributed by atoms with E-state index in [4.69, 9.17) is 0 Å². The van der Waals surface area contributed by atoms with Gasteiger partial charge in [0.25, 0.3) is 15.9 Å². The van der Waals surface area contributed by atoms with Gasteiger partial charge in [-0.25, -0.2) is 8.42 Å². The fraction of sp³-hybridized carbons (Fsp3) is 0.161. The maximum Gasteiger partial charge on any atom is 0.264 e. The molecule has 0 aromatic heterocycles. The monoisotopic (exact) mass is 541 g/mol. The number of carbonyl (C=O) groups excluding carboxylic acids is 2. The van der Waals surface area contributed by atoms with Gasteiger partial charge in [-0.15, -0.1) is 0 Å². The third-order valence-electron chi connectivity index (χ3n) is 6.28. The van der Waals surface area contributed by atoms with Crippen LogP contribution in [-0.4, -0.2) is 26.8 Å². The Morgan fingerprint density at radius 2 is 1.46 bits per heavy atom. The molecular weight excluding hydrogens is 510 g/mol. The number of sulfonamides is 1. The summed E-state index contributed by atoms with van der Waals surface area (Å²) in [5.41, 5.74) is 3.65. The Balaban J connectivity index is 1.58. The Kier molecular flexibility index (Phi) is 8.46. The minimum atomic E-state index is -4.05. The van der Waals surface area contributed by atoms with Gasteiger partial charge in [0, 0.05) is 0 Å². The van der Waals surface area contributed by atoms with Gasteiger partial charge in [-0.2, -0.15) is 0 Å². The van der Waals surface area contributed by atoms with Crippen molar-refractivity contribution in [3.05, 3.63) is 125 Å². The molecule has 4 aromatic rings. The Morgan fingerprint density at radius 3 is 2.15 bits per heavy atom. The average molecular weight is 542 g/mol. The lowest BCUT2D eigenvalue weighted by Crippen LogP contribution is -2.38. The van der Waals surface area contributed by atoms with Crippen molar-refractivity contribution in [2.75, 3.05) is 16.2 Å². The van der Waals surface area contributed by atoms with Crippen LogP contribution in [0.4, 0.5) is 11.4 Å². The van der Waals surface area contributed by atoms with Crippen LogP contribution in [0.1, 0.15) is 40.0 Å². The molecule has 0 fully saturated rings. The van der Waals surface area contributed by atoms with Crippen molar-refractivity contribution in [2.24, 2.45) is 0 Å². The van der Waals surface area contributed by atoms with E-state index in [1.54, 1.807) is 54.6 Å². The minimum absolute atomic E-state index is 0.0806. The number of amides is 2. The van der Waals surface area contributed by atoms with Gasteiger partial charge in [0.1, 0.15) is 6.54 Å². The van der Waals surface area contributed by atoms with E-state index in [-0.39, 0.29) is 28.1 Å². The molecule has 0 saturated heterocycles. The van der Waals surface area contributed by atoms with Crippen molar-refractivity contribution in [3.8, 4) is 0 Å². The third-order valence-corrected chi connectivity index (χ3v) is 8.07. The van der Waals surface area contributed by atoms with Gasteiger partial charge in [0.2, 0.25) is 5.91 Å². The Morgan fingerprint density at radius 1 is 0.795 bits per heavy atom. The lowest BCUT2D eigenvalue weighted by atomic mass is 10.1. The van der Waals surface area contributed by atoms with Crippen molar-refractivity contribution >= 4 is 33.2 Å². The zero-order valence-electron chi connectivity index (χ0n) is 22.1. The van der Waals surface area contributed by atoms with Crippen LogP contribution in [0, 0.1) is 13.8 Å². The number of nitrogens with zero attached hydrogens (tertiary/aromatic N) is 1. The normalized spacial score (nSPS) is 11.9. The molecule has 39 heavy (non-hydrogen) atoms. The number of para-hydroxylation sites is 1. The number of hydrogen-bond acceptors (Lipinski definition) is 4. The standard InChI is InChI=1S/C31H31N3O4S/c1-22-16-18-27(19-17-22)39(37,38)34(26-13-9-10-23(2)20-26)21-30(35)33-29-15-8-7-14-28(29)31(36)32-24(3)25-11-5-4-6-12-25/h4-20,24H,21H2,1-3H3,(H,32,36)(H,33,35)/t24-/m1/s1. The summed E-state index contributed by atoms with van der Waals surface area (Å²) in [4.78, 5) is 26.5. The topological polar surface area (TPSA) is 95.6 Å². The van der Waals surface area contributed by atoms with Gasteiger partial charge in [-0.05, 0) is 68.3 Å². The van der Waals surface area contributed by atoms with Crippen molar-refractivity contribution < 1.29 is 18.0 Å². The van der Waals surface area contributed by atoms with Crippen molar-refractivity contribution in [2.45, 2.75) is 31.7 Å². The zero-order valence-corrected chi connectivity index (χ0v) is 22.9. The number of aryl methyl sites for hydroxylation is 2. The highest BCUT2D eigenvalue weighted by molar-refractivity contribution is 7.92. The molecule has 0 aliphatic heterocycles. The van der Waals surface area contributed by atoms with Crippen LogP contribution in [0.15, 0.2) is 108 Å². The van der Waals surface area contributed by atoms with E-state index >= 15 is 0 Å². The number of rotatable bonds is 9. The Labute approximate surface area is 229 Å². The lowest BCUT2D eigenvalue weighted by molar-refractivity contribution is -0.114. The van der Waals surface area contributed by atoms with Crippen LogP contribution in [0.2, 0.25) is 0 Å². The van der Waals surface area contributed by atoms with E-state index in [0.717, 1.165) is 21.0 Å². The highest BCUT2D eigenvalue weighted by Crippen LogP contribution is 2.25. The molecule has 0 bridgehead atoms. The molecule has 0 saturated carbocycles. The van der Waals surface area contributed by atoms with Crippen LogP contribution in [0.5, 0.6) is 0 Å². The van der Waals surface area contributed by atoms with Crippen molar-refractivity contribution in [1.82, 2.24) is 5.32 Å². The van der Waals surface area contributed by atoms with Crippen LogP contribution in [0.3, 0.4) is 0 Å². The number of hydrogen-bond donors (Lipinski definition) is 2. The molecule has 2 amide bonds. The van der Waals surface area contributed by atoms with Crippen LogP contribution in [0.25, 0.3) is 0 Å². The highest BCUT2D eigenvalue weighted by atomic mass is 32.2. The van der Waals surface area contributed by atoms with Gasteiger partial charge in [-0.3, -0.25) is 13.9 Å². The number of carbonyl (C=O) groups is 2. The average Bonchev–Trinajstić information content (AvgIpc) is 2.92. The molecule has 0 spiro atoms. The second-order valence-corrected chi connectivity index (χ2v) is 11.2. The van der Waals surface area contributed by atoms with Crippen LogP contribution >= 0.6 is 0 Å². The van der Waals surface area contributed by atoms with E-state index in [1.165, 1.54) is 12.1 Å². The van der Waals surface area contributed by atoms with Crippen LogP contribution < -0.4 is 14.9 Å². The quantitative estimate of drug-likeness (QED) is 0.287. The first kappa shape index (κ1) is 27.6. The summed E-state index contributed by atoms with van der Waals surface area (Å²) in [5.74, 6) is -0.936. The molecule has 0 aliphatic rings. The predicted octanol–water partition coefficient (Wildman–Crippen LogP) is 5.63. The molecule has 7 nitrogen and oxygen atoms in total. The Bertz CT molecular complexity index is 1570. The van der Waals surface area contributed by atoms with Crippen molar-refractivity contribution in [1.29, 1.82) is 0 Å². The minimum Gasteiger partial charge on any atom is -0.345 e. The molecule has 4 aromatic carbocycles. The van der Waals surface area contributed by atoms with Gasteiger partial charge >= 0.3 is 0 Å². The molecule has 0 aliphatic carbocycles. The summed E-state index contributed by atoms with van der Waals surface area (Å²) in [5, 5.41) is 5.70. The molecular formula is C31H31N3O4S. The van der Waals surface area contributed by atoms with Crippen molar-refractivity contribution in [3.63, 3.8) is 0 Å². The fourth-order valence-electron chi connectivity index (χ4n) is 4.15. The third kappa shape index (κ3) is 6.72. The van der Waals surface area contributed by atoms with E-state index in [1.807, 2.05) is 57.2 Å². The summed E-state index contributed by atoms with van der Waals surface area (Å²) in [6, 6.07) is 29.4. The van der Waals surface area contributed by atoms with Gasteiger partial charge in [-0.1, -0.05) is 72.3 Å². The van der Waals surface area contributed by atoms with E-state index < -0.39 is 22.5 Å². The smallest absolute Gasteiger partial charge is 0.264 e. The summed E-state index contributed by atoms with van der Waals surface area (Å²) >= 11 is 0. The molecule has 200 valence electrons. The van der Waals surface area contributed by atoms with E-state index in [0.29, 0.717) is 5.69 Å². The first-order valence-corrected chi connectivity index (χ1v) is 14.0. The van der Waals surface area contributed by atoms with Gasteiger partial charge in [0.05, 0.1) is 27.9 Å². The first-order chi connectivity index (χ1) is 18.6. The molecule has 2 N–H and O–H groups in total. The number of anilines is 2. The van der Waals surface area contributed by atoms with Gasteiger partial charge < -0.3 is 10.6 Å². The second kappa shape index (κ2) is 12.0. The summed E-state index contributed by atoms with van der Waals surface area (Å²) in [6.07, 6.45) is 0. The maximum absolute atomic E-state index is 13.7. The van der Waals surface area contributed by atoms with Crippen LogP contribution in [-0.2, 0) is 14.8 Å². The molecule has 4 rings (SSSR count). The Hall–Kier alpha value is -4.43. The SMILES string of the molecule is Cc1ccc(S(=O)(=O)N(CC(=O)Nc2ccccc2C(=O)N[C@H](C)c2ccccc2)c2cccc(C)c2)cc1. The largest absolute Gasteiger partial charge is 0.345 e. The zero-order chi connectivity index (χ0) is 28.0. The molecule has 0 heterocycles. The molecule has 1 atom stereocenters. The van der Waals surface area contributed by atoms with Gasteiger partial charge in [0.15, 0.2) is 0 Å². The summed E-state index contributed by atoms with van der Waals surface area (Å²) < 4.78 is 28.4. The lowest BCUT2D eigenvalue weighted by Gasteiger charge is -2.25. The fourth-order valence-corrected chi connectivity index (χ4v) is 5.56. The molecule has 0 radical (unpaired) electrons. The van der Waals surface area contributed by atoms with E-state index in [9.17, 15) is 18.0 Å². The number of benzene rings is 4.